The predicted octanol–water partition coefficient (Wildman–Crippen LogP) is 0.227. The average Bonchev–Trinajstić information content (AvgIpc) is 1.86. The Kier molecular flexibility index (Phi) is 23.3. The van der Waals surface area contributed by atoms with E-state index in [-0.39, 0.29) is 0 Å². The molecule has 78 valence electrons. The molecule has 0 atom stereocenters. The fourth-order valence-corrected chi connectivity index (χ4v) is 0.142. The molecule has 0 bridgehead atoms. The Labute approximate surface area is 82.1 Å². The number of carbonyl (C=O) groups is 2. The first-order valence-corrected chi connectivity index (χ1v) is 3.66. The molecule has 0 rings (SSSR count). The van der Waals surface area contributed by atoms with E-state index in [1.54, 1.807) is 6.92 Å². The largest absolute Gasteiger partial charge is 0.550 e. The van der Waals surface area contributed by atoms with E-state index < -0.39 is 12.1 Å². The molecule has 6 heteroatoms. The number of aliphatic carboxylic acids is 1. The van der Waals surface area contributed by atoms with Crippen LogP contribution >= 0.6 is 11.6 Å². The first kappa shape index (κ1) is 17.8. The van der Waals surface area contributed by atoms with Gasteiger partial charge in [0.25, 0.3) is 0 Å². The van der Waals surface area contributed by atoms with E-state index in [4.69, 9.17) is 21.5 Å². The first-order valence-electron chi connectivity index (χ1n) is 3.23. The fourth-order valence-electron chi connectivity index (χ4n) is 0.142. The van der Waals surface area contributed by atoms with Gasteiger partial charge in [-0.25, -0.2) is 4.79 Å². The van der Waals surface area contributed by atoms with Crippen molar-refractivity contribution in [2.45, 2.75) is 13.8 Å². The van der Waals surface area contributed by atoms with Crippen LogP contribution in [0.1, 0.15) is 13.8 Å². The van der Waals surface area contributed by atoms with Crippen LogP contribution in [0.15, 0.2) is 12.1 Å². The van der Waals surface area contributed by atoms with Gasteiger partial charge in [-0.1, -0.05) is 18.2 Å². The molecule has 0 unspecified atom stereocenters. The van der Waals surface area contributed by atoms with E-state index in [1.165, 1.54) is 5.54 Å². The third-order valence-corrected chi connectivity index (χ3v) is 0.287. The lowest BCUT2D eigenvalue weighted by atomic mass is 10.9. The van der Waals surface area contributed by atoms with Crippen molar-refractivity contribution >= 4 is 23.7 Å². The van der Waals surface area contributed by atoms with Crippen molar-refractivity contribution < 1.29 is 19.4 Å². The summed E-state index contributed by atoms with van der Waals surface area (Å²) in [6.07, 6.45) is -0.711. The number of carboxylic acids is 1. The third-order valence-electron chi connectivity index (χ3n) is 0.287. The summed E-state index contributed by atoms with van der Waals surface area (Å²) in [6, 6.07) is 0. The summed E-state index contributed by atoms with van der Waals surface area (Å²) in [6.45, 7) is 6.15. The van der Waals surface area contributed by atoms with Crippen molar-refractivity contribution in [3.8, 4) is 0 Å². The lowest BCUT2D eigenvalue weighted by Gasteiger charge is -1.89. The van der Waals surface area contributed by atoms with Gasteiger partial charge in [-0.15, -0.1) is 0 Å². The van der Waals surface area contributed by atoms with Gasteiger partial charge in [-0.2, -0.15) is 0 Å². The van der Waals surface area contributed by atoms with Crippen LogP contribution in [0.25, 0.3) is 0 Å². The van der Waals surface area contributed by atoms with Crippen molar-refractivity contribution in [2.24, 2.45) is 5.73 Å². The SMILES string of the molecule is C=CCl.CC(=O)[O-].CCOC(N)=O. The monoisotopic (exact) mass is 210 g/mol. The number of primary amides is 1. The predicted molar refractivity (Wildman–Crippen MR) is 47.9 cm³/mol. The van der Waals surface area contributed by atoms with Crippen molar-refractivity contribution in [3.63, 3.8) is 0 Å². The second-order valence-corrected chi connectivity index (χ2v) is 1.71. The Hall–Kier alpha value is -1.23. The van der Waals surface area contributed by atoms with Crippen molar-refractivity contribution in [1.82, 2.24) is 0 Å². The highest BCUT2D eigenvalue weighted by Crippen LogP contribution is 1.66. The molecular weight excluding hydrogens is 198 g/mol. The highest BCUT2D eigenvalue weighted by atomic mass is 35.5. The van der Waals surface area contributed by atoms with E-state index in [9.17, 15) is 4.79 Å². The fraction of sp³-hybridized carbons (Fsp3) is 0.429. The highest BCUT2D eigenvalue weighted by molar-refractivity contribution is 6.25. The average molecular weight is 211 g/mol. The van der Waals surface area contributed by atoms with E-state index in [0.717, 1.165) is 6.92 Å². The van der Waals surface area contributed by atoms with Crippen LogP contribution in [0.3, 0.4) is 0 Å². The highest BCUT2D eigenvalue weighted by Gasteiger charge is 1.82. The second kappa shape index (κ2) is 17.0. The van der Waals surface area contributed by atoms with E-state index in [1.807, 2.05) is 0 Å². The molecule has 5 nitrogen and oxygen atoms in total. The van der Waals surface area contributed by atoms with Gasteiger partial charge < -0.3 is 20.4 Å². The minimum Gasteiger partial charge on any atom is -0.550 e. The number of halogens is 1. The van der Waals surface area contributed by atoms with Gasteiger partial charge in [0.2, 0.25) is 0 Å². The summed E-state index contributed by atoms with van der Waals surface area (Å²) >= 11 is 4.76. The zero-order valence-corrected chi connectivity index (χ0v) is 8.34. The number of ether oxygens (including phenoxy) is 1. The lowest BCUT2D eigenvalue weighted by molar-refractivity contribution is -0.302. The third kappa shape index (κ3) is 264. The lowest BCUT2D eigenvalue weighted by Crippen LogP contribution is -2.16. The maximum Gasteiger partial charge on any atom is 0.404 e. The van der Waals surface area contributed by atoms with Gasteiger partial charge in [0.05, 0.1) is 6.61 Å². The second-order valence-electron chi connectivity index (χ2n) is 1.40. The topological polar surface area (TPSA) is 92.4 Å². The number of nitrogens with two attached hydrogens (primary N) is 1. The van der Waals surface area contributed by atoms with Gasteiger partial charge in [0.15, 0.2) is 0 Å². The molecule has 1 amide bonds. The Bertz CT molecular complexity index is 145. The van der Waals surface area contributed by atoms with Gasteiger partial charge in [0, 0.05) is 5.97 Å². The summed E-state index contributed by atoms with van der Waals surface area (Å²) in [7, 11) is 0. The molecule has 0 aliphatic rings. The maximum atomic E-state index is 9.60. The summed E-state index contributed by atoms with van der Waals surface area (Å²) in [5.41, 5.74) is 5.76. The zero-order valence-electron chi connectivity index (χ0n) is 7.58. The molecular formula is C7H13ClNO4-. The molecule has 0 heterocycles. The molecule has 0 saturated heterocycles. The van der Waals surface area contributed by atoms with Crippen LogP contribution < -0.4 is 10.8 Å². The molecule has 0 saturated carbocycles. The summed E-state index contributed by atoms with van der Waals surface area (Å²) in [4.78, 5) is 18.5. The number of hydrogen-bond acceptors (Lipinski definition) is 4. The van der Waals surface area contributed by atoms with Crippen LogP contribution in [0.2, 0.25) is 0 Å². The molecule has 0 aromatic carbocycles. The Morgan fingerprint density at radius 3 is 1.92 bits per heavy atom. The standard InChI is InChI=1S/C3H7NO2.C2H3Cl.C2H4O2/c1-2-6-3(4)5;1-2-3;1-2(3)4/h2H2,1H3,(H2,4,5);2H,1H2;1H3,(H,3,4)/p-1. The normalized spacial score (nSPS) is 6.38. The quantitative estimate of drug-likeness (QED) is 0.670. The Morgan fingerprint density at radius 2 is 1.92 bits per heavy atom. The van der Waals surface area contributed by atoms with Crippen LogP contribution in [-0.2, 0) is 9.53 Å². The number of amides is 1. The summed E-state index contributed by atoms with van der Waals surface area (Å²) in [5.74, 6) is -1.08. The molecule has 0 aromatic heterocycles. The van der Waals surface area contributed by atoms with E-state index >= 15 is 0 Å². The minimum absolute atomic E-state index is 0.356. The van der Waals surface area contributed by atoms with Gasteiger partial charge >= 0.3 is 6.09 Å². The van der Waals surface area contributed by atoms with Gasteiger partial charge in [0.1, 0.15) is 0 Å². The first-order chi connectivity index (χ1) is 5.92. The number of carbonyl (C=O) groups excluding carboxylic acids is 2. The number of hydrogen-bond donors (Lipinski definition) is 1. The van der Waals surface area contributed by atoms with Crippen molar-refractivity contribution in [1.29, 1.82) is 0 Å². The summed E-state index contributed by atoms with van der Waals surface area (Å²) < 4.78 is 4.18. The molecule has 0 spiro atoms. The van der Waals surface area contributed by atoms with Gasteiger partial charge in [-0.3, -0.25) is 0 Å². The number of carboxylic acid groups (broad SMARTS) is 1. The van der Waals surface area contributed by atoms with E-state index in [2.05, 4.69) is 17.0 Å². The maximum absolute atomic E-state index is 9.60. The molecule has 0 aliphatic carbocycles. The number of rotatable bonds is 1. The smallest absolute Gasteiger partial charge is 0.404 e. The molecule has 0 fully saturated rings. The molecule has 13 heavy (non-hydrogen) atoms. The molecule has 0 aliphatic heterocycles. The molecule has 0 radical (unpaired) electrons. The molecule has 0 aromatic rings. The Balaban J connectivity index is -0.000000125. The molecule has 2 N–H and O–H groups in total. The Morgan fingerprint density at radius 1 is 1.69 bits per heavy atom. The van der Waals surface area contributed by atoms with Crippen molar-refractivity contribution in [3.05, 3.63) is 12.1 Å². The van der Waals surface area contributed by atoms with E-state index in [0.29, 0.717) is 6.61 Å². The van der Waals surface area contributed by atoms with Crippen LogP contribution in [-0.4, -0.2) is 18.7 Å². The van der Waals surface area contributed by atoms with Crippen LogP contribution in [0.4, 0.5) is 4.79 Å². The zero-order chi connectivity index (χ0) is 11.3. The minimum atomic E-state index is -1.08. The van der Waals surface area contributed by atoms with Gasteiger partial charge in [-0.05, 0) is 19.4 Å². The van der Waals surface area contributed by atoms with Crippen LogP contribution in [0.5, 0.6) is 0 Å². The van der Waals surface area contributed by atoms with Crippen molar-refractivity contribution in [2.75, 3.05) is 6.61 Å². The van der Waals surface area contributed by atoms with Crippen LogP contribution in [0, 0.1) is 0 Å². The summed E-state index contributed by atoms with van der Waals surface area (Å²) in [5, 5.41) is 8.89.